The first-order valence-electron chi connectivity index (χ1n) is 7.49. The Hall–Kier alpha value is -0.570. The number of ether oxygens (including phenoxy) is 2. The Labute approximate surface area is 117 Å². The average Bonchev–Trinajstić information content (AvgIpc) is 2.90. The summed E-state index contributed by atoms with van der Waals surface area (Å²) in [6, 6.07) is 0. The predicted molar refractivity (Wildman–Crippen MR) is 74.7 cm³/mol. The van der Waals surface area contributed by atoms with Gasteiger partial charge in [-0.05, 0) is 37.0 Å². The van der Waals surface area contributed by atoms with Gasteiger partial charge in [0.05, 0.1) is 24.2 Å². The van der Waals surface area contributed by atoms with E-state index in [2.05, 4.69) is 34.6 Å². The fraction of sp³-hybridized carbons (Fsp3) is 0.938. The van der Waals surface area contributed by atoms with Gasteiger partial charge in [0, 0.05) is 0 Å². The van der Waals surface area contributed by atoms with E-state index in [4.69, 9.17) is 9.47 Å². The van der Waals surface area contributed by atoms with Crippen LogP contribution in [-0.4, -0.2) is 24.8 Å². The lowest BCUT2D eigenvalue weighted by Gasteiger charge is -2.43. The summed E-state index contributed by atoms with van der Waals surface area (Å²) in [4.78, 5) is 12.5. The molecule has 0 bridgehead atoms. The van der Waals surface area contributed by atoms with E-state index in [1.54, 1.807) is 0 Å². The van der Waals surface area contributed by atoms with Crippen LogP contribution in [-0.2, 0) is 14.3 Å². The van der Waals surface area contributed by atoms with Gasteiger partial charge in [0.25, 0.3) is 0 Å². The van der Waals surface area contributed by atoms with E-state index in [0.29, 0.717) is 24.7 Å². The highest BCUT2D eigenvalue weighted by molar-refractivity contribution is 5.77. The maximum absolute atomic E-state index is 12.5. The van der Waals surface area contributed by atoms with Gasteiger partial charge in [0.15, 0.2) is 0 Å². The molecule has 0 amide bonds. The van der Waals surface area contributed by atoms with Gasteiger partial charge in [0.2, 0.25) is 0 Å². The number of epoxide rings is 1. The van der Waals surface area contributed by atoms with Crippen LogP contribution in [0.1, 0.15) is 54.4 Å². The zero-order valence-electron chi connectivity index (χ0n) is 13.2. The fourth-order valence-corrected chi connectivity index (χ4v) is 3.23. The Balaban J connectivity index is 1.92. The van der Waals surface area contributed by atoms with Crippen LogP contribution in [0.5, 0.6) is 0 Å². The molecular weight excluding hydrogens is 240 g/mol. The largest absolute Gasteiger partial charge is 0.465 e. The van der Waals surface area contributed by atoms with Gasteiger partial charge >= 0.3 is 5.97 Å². The smallest absolute Gasteiger partial charge is 0.312 e. The normalized spacial score (nSPS) is 32.9. The van der Waals surface area contributed by atoms with Gasteiger partial charge in [-0.3, -0.25) is 4.79 Å². The van der Waals surface area contributed by atoms with Gasteiger partial charge < -0.3 is 9.47 Å². The molecule has 0 spiro atoms. The molecule has 0 N–H and O–H groups in total. The molecule has 19 heavy (non-hydrogen) atoms. The minimum Gasteiger partial charge on any atom is -0.465 e. The highest BCUT2D eigenvalue weighted by atomic mass is 16.6. The third-order valence-corrected chi connectivity index (χ3v) is 5.41. The second kappa shape index (κ2) is 4.76. The molecule has 1 aliphatic carbocycles. The molecule has 1 saturated heterocycles. The van der Waals surface area contributed by atoms with Crippen LogP contribution in [0.2, 0.25) is 0 Å². The summed E-state index contributed by atoms with van der Waals surface area (Å²) >= 11 is 0. The van der Waals surface area contributed by atoms with Crippen molar-refractivity contribution in [2.75, 3.05) is 6.61 Å². The molecule has 3 atom stereocenters. The van der Waals surface area contributed by atoms with Crippen LogP contribution in [0.15, 0.2) is 0 Å². The van der Waals surface area contributed by atoms with Gasteiger partial charge in [-0.15, -0.1) is 0 Å². The molecule has 0 aromatic carbocycles. The Morgan fingerprint density at radius 2 is 1.74 bits per heavy atom. The lowest BCUT2D eigenvalue weighted by atomic mass is 9.62. The van der Waals surface area contributed by atoms with Crippen molar-refractivity contribution in [3.05, 3.63) is 0 Å². The first-order valence-corrected chi connectivity index (χ1v) is 7.49. The summed E-state index contributed by atoms with van der Waals surface area (Å²) in [5.41, 5.74) is -0.538. The summed E-state index contributed by atoms with van der Waals surface area (Å²) in [5, 5.41) is 0. The third-order valence-electron chi connectivity index (χ3n) is 5.41. The van der Waals surface area contributed by atoms with Gasteiger partial charge in [-0.1, -0.05) is 34.6 Å². The molecule has 2 fully saturated rings. The van der Waals surface area contributed by atoms with Crippen molar-refractivity contribution in [2.45, 2.75) is 66.6 Å². The fourth-order valence-electron chi connectivity index (χ4n) is 3.23. The van der Waals surface area contributed by atoms with E-state index in [1.807, 2.05) is 6.92 Å². The molecule has 3 heteroatoms. The first kappa shape index (κ1) is 14.8. The minimum absolute atomic E-state index is 0.0449. The molecule has 1 aliphatic heterocycles. The van der Waals surface area contributed by atoms with Crippen molar-refractivity contribution in [1.29, 1.82) is 0 Å². The van der Waals surface area contributed by atoms with Crippen LogP contribution in [0, 0.1) is 22.7 Å². The molecule has 110 valence electrons. The number of fused-ring (bicyclic) bond motifs is 1. The molecule has 3 nitrogen and oxygen atoms in total. The van der Waals surface area contributed by atoms with Gasteiger partial charge in [0.1, 0.15) is 0 Å². The number of carbonyl (C=O) groups excluding carboxylic acids is 1. The summed E-state index contributed by atoms with van der Waals surface area (Å²) in [7, 11) is 0. The summed E-state index contributed by atoms with van der Waals surface area (Å²) in [6.07, 6.45) is 3.04. The van der Waals surface area contributed by atoms with Crippen LogP contribution in [0.25, 0.3) is 0 Å². The summed E-state index contributed by atoms with van der Waals surface area (Å²) < 4.78 is 11.1. The Morgan fingerprint density at radius 3 is 2.16 bits per heavy atom. The number of hydrogen-bond donors (Lipinski definition) is 0. The number of rotatable bonds is 4. The maximum atomic E-state index is 12.5. The number of esters is 1. The van der Waals surface area contributed by atoms with E-state index in [0.717, 1.165) is 12.8 Å². The summed E-state index contributed by atoms with van der Waals surface area (Å²) in [5.74, 6) is 0.723. The van der Waals surface area contributed by atoms with E-state index in [-0.39, 0.29) is 17.3 Å². The topological polar surface area (TPSA) is 38.8 Å². The lowest BCUT2D eigenvalue weighted by molar-refractivity contribution is -0.167. The molecule has 0 radical (unpaired) electrons. The SMILES string of the molecule is CC(C)C(C)(C(=O)OCC1CC2OC2C1)C(C)(C)C. The van der Waals surface area contributed by atoms with Crippen molar-refractivity contribution < 1.29 is 14.3 Å². The Kier molecular flexibility index (Phi) is 3.72. The highest BCUT2D eigenvalue weighted by Crippen LogP contribution is 2.46. The number of carbonyl (C=O) groups is 1. The number of hydrogen-bond acceptors (Lipinski definition) is 3. The molecule has 3 unspecified atom stereocenters. The second-order valence-corrected chi connectivity index (χ2v) is 7.76. The van der Waals surface area contributed by atoms with Crippen LogP contribution in [0.4, 0.5) is 0 Å². The second-order valence-electron chi connectivity index (χ2n) is 7.76. The first-order chi connectivity index (χ1) is 8.66. The Bertz CT molecular complexity index is 345. The van der Waals surface area contributed by atoms with E-state index < -0.39 is 5.41 Å². The standard InChI is InChI=1S/C16H28O3/c1-10(2)16(6,15(3,4)5)14(17)18-9-11-7-12-13(8-11)19-12/h10-13H,7-9H2,1-6H3. The zero-order valence-corrected chi connectivity index (χ0v) is 13.2. The van der Waals surface area contributed by atoms with E-state index in [1.165, 1.54) is 0 Å². The van der Waals surface area contributed by atoms with E-state index in [9.17, 15) is 4.79 Å². The molecule has 2 aliphatic rings. The van der Waals surface area contributed by atoms with Crippen LogP contribution < -0.4 is 0 Å². The van der Waals surface area contributed by atoms with Gasteiger partial charge in [-0.25, -0.2) is 0 Å². The summed E-state index contributed by atoms with van der Waals surface area (Å²) in [6.45, 7) is 13.2. The predicted octanol–water partition coefficient (Wildman–Crippen LogP) is 3.42. The van der Waals surface area contributed by atoms with Crippen LogP contribution >= 0.6 is 0 Å². The van der Waals surface area contributed by atoms with Crippen molar-refractivity contribution >= 4 is 5.97 Å². The third kappa shape index (κ3) is 2.67. The van der Waals surface area contributed by atoms with Crippen molar-refractivity contribution in [2.24, 2.45) is 22.7 Å². The minimum atomic E-state index is -0.439. The molecule has 0 aromatic rings. The van der Waals surface area contributed by atoms with Crippen molar-refractivity contribution in [3.63, 3.8) is 0 Å². The van der Waals surface area contributed by atoms with E-state index >= 15 is 0 Å². The molecule has 0 aromatic heterocycles. The monoisotopic (exact) mass is 268 g/mol. The Morgan fingerprint density at radius 1 is 1.21 bits per heavy atom. The maximum Gasteiger partial charge on any atom is 0.312 e. The van der Waals surface area contributed by atoms with Crippen molar-refractivity contribution in [1.82, 2.24) is 0 Å². The lowest BCUT2D eigenvalue weighted by Crippen LogP contribution is -2.46. The molecule has 1 heterocycles. The quantitative estimate of drug-likeness (QED) is 0.579. The highest BCUT2D eigenvalue weighted by Gasteiger charge is 2.50. The average molecular weight is 268 g/mol. The molecule has 1 saturated carbocycles. The molecule has 2 rings (SSSR count). The van der Waals surface area contributed by atoms with Crippen molar-refractivity contribution in [3.8, 4) is 0 Å². The molecular formula is C16H28O3. The zero-order chi connectivity index (χ0) is 14.4. The van der Waals surface area contributed by atoms with Crippen LogP contribution in [0.3, 0.4) is 0 Å². The van der Waals surface area contributed by atoms with Gasteiger partial charge in [-0.2, -0.15) is 0 Å².